The first-order valence-corrected chi connectivity index (χ1v) is 6.60. The maximum absolute atomic E-state index is 11.1. The molecule has 0 spiro atoms. The van der Waals surface area contributed by atoms with E-state index in [1.165, 1.54) is 31.9 Å². The maximum Gasteiger partial charge on any atom is 0.339 e. The van der Waals surface area contributed by atoms with E-state index in [9.17, 15) is 4.79 Å². The molecule has 1 aromatic rings. The molecule has 1 fully saturated rings. The molecule has 1 aliphatic rings. The van der Waals surface area contributed by atoms with Crippen LogP contribution in [0.5, 0.6) is 0 Å². The average molecular weight is 248 g/mol. The van der Waals surface area contributed by atoms with Gasteiger partial charge in [0.05, 0.1) is 5.69 Å². The highest BCUT2D eigenvalue weighted by molar-refractivity contribution is 5.93. The van der Waals surface area contributed by atoms with Crippen LogP contribution in [0.3, 0.4) is 0 Å². The molecular formula is C14H20N2O2. The lowest BCUT2D eigenvalue weighted by Crippen LogP contribution is -2.11. The lowest BCUT2D eigenvalue weighted by Gasteiger charge is -2.12. The highest BCUT2D eigenvalue weighted by atomic mass is 16.4. The zero-order chi connectivity index (χ0) is 13.0. The summed E-state index contributed by atoms with van der Waals surface area (Å²) in [5.41, 5.74) is 1.78. The number of anilines is 1. The van der Waals surface area contributed by atoms with Gasteiger partial charge in [0.1, 0.15) is 5.56 Å². The third-order valence-corrected chi connectivity index (χ3v) is 3.61. The van der Waals surface area contributed by atoms with E-state index in [0.29, 0.717) is 5.69 Å². The predicted octanol–water partition coefficient (Wildman–Crippen LogP) is 3.08. The van der Waals surface area contributed by atoms with E-state index < -0.39 is 5.97 Å². The summed E-state index contributed by atoms with van der Waals surface area (Å²) in [6.45, 7) is 2.71. The van der Waals surface area contributed by atoms with Crippen molar-refractivity contribution in [3.05, 3.63) is 23.5 Å². The molecule has 1 aliphatic carbocycles. The SMILES string of the molecule is Cc1cc(NCCC2CCCC2)c(C(=O)O)cn1. The Morgan fingerprint density at radius 2 is 2.22 bits per heavy atom. The van der Waals surface area contributed by atoms with E-state index in [0.717, 1.165) is 24.6 Å². The molecule has 0 atom stereocenters. The normalized spacial score (nSPS) is 15.8. The molecular weight excluding hydrogens is 228 g/mol. The summed E-state index contributed by atoms with van der Waals surface area (Å²) in [5, 5.41) is 12.3. The van der Waals surface area contributed by atoms with Gasteiger partial charge in [0.15, 0.2) is 0 Å². The monoisotopic (exact) mass is 248 g/mol. The average Bonchev–Trinajstić information content (AvgIpc) is 2.82. The molecule has 0 amide bonds. The van der Waals surface area contributed by atoms with Gasteiger partial charge in [-0.15, -0.1) is 0 Å². The first-order valence-electron chi connectivity index (χ1n) is 6.60. The van der Waals surface area contributed by atoms with E-state index in [1.54, 1.807) is 6.07 Å². The second-order valence-electron chi connectivity index (χ2n) is 5.04. The summed E-state index contributed by atoms with van der Waals surface area (Å²) < 4.78 is 0. The number of nitrogens with zero attached hydrogens (tertiary/aromatic N) is 1. The Balaban J connectivity index is 1.94. The zero-order valence-electron chi connectivity index (χ0n) is 10.8. The molecule has 1 saturated carbocycles. The van der Waals surface area contributed by atoms with Crippen molar-refractivity contribution in [2.45, 2.75) is 39.0 Å². The minimum Gasteiger partial charge on any atom is -0.478 e. The van der Waals surface area contributed by atoms with Gasteiger partial charge >= 0.3 is 5.97 Å². The molecule has 4 heteroatoms. The zero-order valence-corrected chi connectivity index (χ0v) is 10.8. The quantitative estimate of drug-likeness (QED) is 0.840. The molecule has 4 nitrogen and oxygen atoms in total. The summed E-state index contributed by atoms with van der Waals surface area (Å²) in [4.78, 5) is 15.1. The summed E-state index contributed by atoms with van der Waals surface area (Å²) in [7, 11) is 0. The number of carboxylic acid groups (broad SMARTS) is 1. The molecule has 0 aliphatic heterocycles. The van der Waals surface area contributed by atoms with Crippen LogP contribution in [0.2, 0.25) is 0 Å². The van der Waals surface area contributed by atoms with Crippen molar-refractivity contribution in [3.63, 3.8) is 0 Å². The van der Waals surface area contributed by atoms with Gasteiger partial charge in [-0.1, -0.05) is 25.7 Å². The van der Waals surface area contributed by atoms with Crippen molar-refractivity contribution in [1.82, 2.24) is 4.98 Å². The number of hydrogen-bond acceptors (Lipinski definition) is 3. The summed E-state index contributed by atoms with van der Waals surface area (Å²) in [6.07, 6.45) is 7.89. The van der Waals surface area contributed by atoms with Gasteiger partial charge in [-0.2, -0.15) is 0 Å². The van der Waals surface area contributed by atoms with E-state index in [2.05, 4.69) is 10.3 Å². The molecule has 18 heavy (non-hydrogen) atoms. The number of aryl methyl sites for hydroxylation is 1. The van der Waals surface area contributed by atoms with Crippen LogP contribution in [-0.4, -0.2) is 22.6 Å². The molecule has 2 rings (SSSR count). The van der Waals surface area contributed by atoms with Gasteiger partial charge in [0.25, 0.3) is 0 Å². The first kappa shape index (κ1) is 12.9. The Hall–Kier alpha value is -1.58. The summed E-state index contributed by atoms with van der Waals surface area (Å²) in [6, 6.07) is 1.80. The van der Waals surface area contributed by atoms with Gasteiger partial charge in [-0.25, -0.2) is 4.79 Å². The first-order chi connectivity index (χ1) is 8.66. The van der Waals surface area contributed by atoms with Gasteiger partial charge in [-0.05, 0) is 25.3 Å². The van der Waals surface area contributed by atoms with Gasteiger partial charge in [0, 0.05) is 18.4 Å². The molecule has 0 radical (unpaired) electrons. The molecule has 1 aromatic heterocycles. The number of carbonyl (C=O) groups is 1. The molecule has 0 aromatic carbocycles. The Morgan fingerprint density at radius 3 is 2.89 bits per heavy atom. The Labute approximate surface area is 107 Å². The maximum atomic E-state index is 11.1. The minimum atomic E-state index is -0.925. The lowest BCUT2D eigenvalue weighted by atomic mass is 10.0. The van der Waals surface area contributed by atoms with E-state index >= 15 is 0 Å². The van der Waals surface area contributed by atoms with Crippen molar-refractivity contribution in [2.75, 3.05) is 11.9 Å². The smallest absolute Gasteiger partial charge is 0.339 e. The molecule has 0 saturated heterocycles. The predicted molar refractivity (Wildman–Crippen MR) is 71.0 cm³/mol. The van der Waals surface area contributed by atoms with Gasteiger partial charge in [0.2, 0.25) is 0 Å². The Bertz CT molecular complexity index is 426. The third-order valence-electron chi connectivity index (χ3n) is 3.61. The van der Waals surface area contributed by atoms with Gasteiger partial charge < -0.3 is 10.4 Å². The van der Waals surface area contributed by atoms with Crippen molar-refractivity contribution < 1.29 is 9.90 Å². The minimum absolute atomic E-state index is 0.257. The highest BCUT2D eigenvalue weighted by Crippen LogP contribution is 2.27. The van der Waals surface area contributed by atoms with Crippen LogP contribution in [0.25, 0.3) is 0 Å². The van der Waals surface area contributed by atoms with Crippen LogP contribution in [0.15, 0.2) is 12.3 Å². The van der Waals surface area contributed by atoms with Crippen molar-refractivity contribution in [2.24, 2.45) is 5.92 Å². The fourth-order valence-corrected chi connectivity index (χ4v) is 2.59. The second-order valence-corrected chi connectivity index (χ2v) is 5.04. The number of rotatable bonds is 5. The Kier molecular flexibility index (Phi) is 4.18. The molecule has 98 valence electrons. The van der Waals surface area contributed by atoms with Gasteiger partial charge in [-0.3, -0.25) is 4.98 Å². The van der Waals surface area contributed by atoms with Crippen LogP contribution in [0.1, 0.15) is 48.2 Å². The topological polar surface area (TPSA) is 62.2 Å². The number of hydrogen-bond donors (Lipinski definition) is 2. The number of aromatic nitrogens is 1. The number of pyridine rings is 1. The van der Waals surface area contributed by atoms with Crippen LogP contribution >= 0.6 is 0 Å². The number of aromatic carboxylic acids is 1. The van der Waals surface area contributed by atoms with E-state index in [1.807, 2.05) is 6.92 Å². The van der Waals surface area contributed by atoms with Crippen LogP contribution in [0, 0.1) is 12.8 Å². The fraction of sp³-hybridized carbons (Fsp3) is 0.571. The van der Waals surface area contributed by atoms with Crippen molar-refractivity contribution in [3.8, 4) is 0 Å². The largest absolute Gasteiger partial charge is 0.478 e. The van der Waals surface area contributed by atoms with Crippen molar-refractivity contribution >= 4 is 11.7 Å². The number of carboxylic acids is 1. The number of nitrogens with one attached hydrogen (secondary N) is 1. The second kappa shape index (κ2) is 5.85. The fourth-order valence-electron chi connectivity index (χ4n) is 2.59. The molecule has 0 bridgehead atoms. The third kappa shape index (κ3) is 3.22. The molecule has 2 N–H and O–H groups in total. The van der Waals surface area contributed by atoms with Crippen LogP contribution in [0.4, 0.5) is 5.69 Å². The van der Waals surface area contributed by atoms with Crippen molar-refractivity contribution in [1.29, 1.82) is 0 Å². The van der Waals surface area contributed by atoms with Crippen LogP contribution < -0.4 is 5.32 Å². The molecule has 1 heterocycles. The van der Waals surface area contributed by atoms with E-state index in [4.69, 9.17) is 5.11 Å². The standard InChI is InChI=1S/C14H20N2O2/c1-10-8-13(12(9-16-10)14(17)18)15-7-6-11-4-2-3-5-11/h8-9,11H,2-7H2,1H3,(H,15,16)(H,17,18). The highest BCUT2D eigenvalue weighted by Gasteiger charge is 2.15. The summed E-state index contributed by atoms with van der Waals surface area (Å²) >= 11 is 0. The summed E-state index contributed by atoms with van der Waals surface area (Å²) in [5.74, 6) is -0.112. The van der Waals surface area contributed by atoms with E-state index in [-0.39, 0.29) is 5.56 Å². The molecule has 0 unspecified atom stereocenters. The lowest BCUT2D eigenvalue weighted by molar-refractivity contribution is 0.0697. The Morgan fingerprint density at radius 1 is 1.50 bits per heavy atom. The van der Waals surface area contributed by atoms with Crippen LogP contribution in [-0.2, 0) is 0 Å².